The number of fused-ring (bicyclic) bond motifs is 2. The quantitative estimate of drug-likeness (QED) is 0.394. The molecule has 214 valence electrons. The van der Waals surface area contributed by atoms with Crippen LogP contribution in [0.5, 0.6) is 11.5 Å². The molecule has 1 saturated heterocycles. The Morgan fingerprint density at radius 3 is 2.56 bits per heavy atom. The molecule has 39 heavy (non-hydrogen) atoms. The molecule has 0 radical (unpaired) electrons. The van der Waals surface area contributed by atoms with Crippen LogP contribution in [0.4, 0.5) is 0 Å². The SMILES string of the molecule is CO[C@]12CC[C@@]3(C[C@@H]1[C@](C)(O)C(C)(C)C)[C@H]1Cc4ccc(OC(=O)C(C)C)c5c4[C@@]3(CCN1CC1CC1)[C@H]2O5. The maximum Gasteiger partial charge on any atom is 0.313 e. The third-order valence-electron chi connectivity index (χ3n) is 12.5. The standard InChI is InChI=1S/C33H47NO5/c1-19(2)27(35)38-22-11-10-21-16-24-31-12-13-33(37-7,23(17-31)30(6,36)29(3,4)5)28-32(31,25(21)26(22)39-28)14-15-34(24)18-20-8-9-20/h10-11,19-20,23-24,28,36H,8-9,12-18H2,1-7H3/t23-,24-,28-,30+,31-,32+,33-/m1/s1. The summed E-state index contributed by atoms with van der Waals surface area (Å²) >= 11 is 0. The minimum Gasteiger partial charge on any atom is -0.482 e. The Hall–Kier alpha value is -1.63. The van der Waals surface area contributed by atoms with Crippen LogP contribution in [0.25, 0.3) is 0 Å². The third kappa shape index (κ3) is 3.12. The van der Waals surface area contributed by atoms with Crippen LogP contribution in [0, 0.1) is 28.6 Å². The first kappa shape index (κ1) is 26.3. The molecule has 4 saturated carbocycles. The van der Waals surface area contributed by atoms with Crippen molar-refractivity contribution in [3.05, 3.63) is 23.3 Å². The van der Waals surface area contributed by atoms with Gasteiger partial charge in [0.05, 0.1) is 11.5 Å². The smallest absolute Gasteiger partial charge is 0.313 e. The zero-order chi connectivity index (χ0) is 27.8. The van der Waals surface area contributed by atoms with Gasteiger partial charge in [-0.3, -0.25) is 9.69 Å². The fourth-order valence-corrected chi connectivity index (χ4v) is 9.88. The summed E-state index contributed by atoms with van der Waals surface area (Å²) in [7, 11) is 1.83. The molecule has 5 fully saturated rings. The number of benzene rings is 1. The maximum absolute atomic E-state index is 12.8. The van der Waals surface area contributed by atoms with Crippen molar-refractivity contribution < 1.29 is 24.1 Å². The van der Waals surface area contributed by atoms with Gasteiger partial charge in [-0.25, -0.2) is 0 Å². The maximum atomic E-state index is 12.8. The molecule has 2 aliphatic heterocycles. The summed E-state index contributed by atoms with van der Waals surface area (Å²) in [5.74, 6) is 1.63. The van der Waals surface area contributed by atoms with Gasteiger partial charge in [0, 0.05) is 42.0 Å². The number of hydrogen-bond donors (Lipinski definition) is 1. The lowest BCUT2D eigenvalue weighted by Gasteiger charge is -2.75. The van der Waals surface area contributed by atoms with Crippen molar-refractivity contribution in [3.8, 4) is 11.5 Å². The molecule has 8 rings (SSSR count). The van der Waals surface area contributed by atoms with Crippen LogP contribution in [0.1, 0.15) is 91.2 Å². The molecule has 0 aromatic heterocycles. The Kier molecular flexibility index (Phi) is 5.40. The van der Waals surface area contributed by atoms with Crippen LogP contribution in [0.3, 0.4) is 0 Å². The summed E-state index contributed by atoms with van der Waals surface area (Å²) in [5.41, 5.74) is 0.554. The van der Waals surface area contributed by atoms with Crippen LogP contribution in [-0.2, 0) is 21.4 Å². The van der Waals surface area contributed by atoms with Gasteiger partial charge in [-0.1, -0.05) is 40.7 Å². The molecule has 1 N–H and O–H groups in total. The van der Waals surface area contributed by atoms with E-state index in [1.165, 1.54) is 30.5 Å². The van der Waals surface area contributed by atoms with E-state index < -0.39 is 11.2 Å². The van der Waals surface area contributed by atoms with E-state index in [1.54, 1.807) is 0 Å². The topological polar surface area (TPSA) is 68.2 Å². The number of esters is 1. The van der Waals surface area contributed by atoms with Crippen molar-refractivity contribution in [2.75, 3.05) is 20.2 Å². The second-order valence-corrected chi connectivity index (χ2v) is 15.3. The van der Waals surface area contributed by atoms with Crippen molar-refractivity contribution in [1.82, 2.24) is 4.90 Å². The van der Waals surface area contributed by atoms with Gasteiger partial charge < -0.3 is 19.3 Å². The summed E-state index contributed by atoms with van der Waals surface area (Å²) in [6.45, 7) is 14.5. The molecule has 0 amide bonds. The molecule has 1 aromatic carbocycles. The number of likely N-dealkylation sites (tertiary alicyclic amines) is 1. The summed E-state index contributed by atoms with van der Waals surface area (Å²) in [6, 6.07) is 4.60. The molecule has 5 aliphatic carbocycles. The van der Waals surface area contributed by atoms with Crippen molar-refractivity contribution in [1.29, 1.82) is 0 Å². The van der Waals surface area contributed by atoms with E-state index in [0.717, 1.165) is 50.3 Å². The highest BCUT2D eigenvalue weighted by Gasteiger charge is 2.82. The third-order valence-corrected chi connectivity index (χ3v) is 12.5. The number of hydrogen-bond acceptors (Lipinski definition) is 6. The van der Waals surface area contributed by atoms with Gasteiger partial charge in [-0.05, 0) is 81.4 Å². The molecule has 0 unspecified atom stereocenters. The first-order valence-electron chi connectivity index (χ1n) is 15.4. The van der Waals surface area contributed by atoms with E-state index in [2.05, 4.69) is 31.7 Å². The van der Waals surface area contributed by atoms with Gasteiger partial charge in [-0.2, -0.15) is 0 Å². The predicted octanol–water partition coefficient (Wildman–Crippen LogP) is 5.27. The molecule has 2 spiro atoms. The first-order valence-corrected chi connectivity index (χ1v) is 15.4. The number of piperidine rings is 1. The second-order valence-electron chi connectivity index (χ2n) is 15.3. The van der Waals surface area contributed by atoms with Gasteiger partial charge in [0.2, 0.25) is 0 Å². The highest BCUT2D eigenvalue weighted by molar-refractivity contribution is 5.76. The zero-order valence-electron chi connectivity index (χ0n) is 24.9. The summed E-state index contributed by atoms with van der Waals surface area (Å²) < 4.78 is 19.8. The lowest BCUT2D eigenvalue weighted by Crippen LogP contribution is -2.83. The van der Waals surface area contributed by atoms with Gasteiger partial charge in [0.25, 0.3) is 0 Å². The van der Waals surface area contributed by atoms with E-state index in [4.69, 9.17) is 14.2 Å². The van der Waals surface area contributed by atoms with E-state index in [1.807, 2.05) is 33.9 Å². The monoisotopic (exact) mass is 537 g/mol. The van der Waals surface area contributed by atoms with Crippen molar-refractivity contribution in [3.63, 3.8) is 0 Å². The molecular formula is C33H47NO5. The van der Waals surface area contributed by atoms with E-state index in [9.17, 15) is 9.90 Å². The molecular weight excluding hydrogens is 490 g/mol. The summed E-state index contributed by atoms with van der Waals surface area (Å²) in [5, 5.41) is 12.4. The number of rotatable bonds is 6. The van der Waals surface area contributed by atoms with Gasteiger partial charge >= 0.3 is 5.97 Å². The number of carbonyl (C=O) groups is 1. The van der Waals surface area contributed by atoms with Crippen LogP contribution < -0.4 is 9.47 Å². The Morgan fingerprint density at radius 2 is 1.92 bits per heavy atom. The normalized spacial score (nSPS) is 39.8. The number of aliphatic hydroxyl groups is 1. The van der Waals surface area contributed by atoms with Gasteiger partial charge in [0.15, 0.2) is 11.5 Å². The number of ether oxygens (including phenoxy) is 3. The van der Waals surface area contributed by atoms with Crippen LogP contribution in [0.15, 0.2) is 12.1 Å². The number of nitrogens with zero attached hydrogens (tertiary/aromatic N) is 1. The Balaban J connectivity index is 1.44. The van der Waals surface area contributed by atoms with Crippen LogP contribution in [0.2, 0.25) is 0 Å². The van der Waals surface area contributed by atoms with E-state index in [0.29, 0.717) is 11.8 Å². The average Bonchev–Trinajstić information content (AvgIpc) is 3.62. The second kappa shape index (κ2) is 8.01. The Morgan fingerprint density at radius 1 is 1.18 bits per heavy atom. The molecule has 4 bridgehead atoms. The zero-order valence-corrected chi connectivity index (χ0v) is 24.9. The van der Waals surface area contributed by atoms with Crippen molar-refractivity contribution in [2.24, 2.45) is 28.6 Å². The molecule has 6 heteroatoms. The van der Waals surface area contributed by atoms with Gasteiger partial charge in [0.1, 0.15) is 11.7 Å². The first-order chi connectivity index (χ1) is 18.3. The molecule has 2 heterocycles. The Labute approximate surface area is 233 Å². The van der Waals surface area contributed by atoms with Crippen molar-refractivity contribution >= 4 is 5.97 Å². The Bertz CT molecular complexity index is 1210. The van der Waals surface area contributed by atoms with Crippen LogP contribution >= 0.6 is 0 Å². The lowest BCUT2D eigenvalue weighted by atomic mass is 9.33. The largest absolute Gasteiger partial charge is 0.482 e. The minimum absolute atomic E-state index is 0.01000. The molecule has 7 aliphatic rings. The highest BCUT2D eigenvalue weighted by Crippen LogP contribution is 2.78. The summed E-state index contributed by atoms with van der Waals surface area (Å²) in [4.78, 5) is 15.6. The van der Waals surface area contributed by atoms with Crippen molar-refractivity contribution in [2.45, 2.75) is 115 Å². The highest BCUT2D eigenvalue weighted by atomic mass is 16.6. The number of methoxy groups -OCH3 is 1. The van der Waals surface area contributed by atoms with E-state index >= 15 is 0 Å². The number of carbonyl (C=O) groups excluding carboxylic acids is 1. The van der Waals surface area contributed by atoms with E-state index in [-0.39, 0.29) is 40.2 Å². The lowest BCUT2D eigenvalue weighted by molar-refractivity contribution is -0.312. The summed E-state index contributed by atoms with van der Waals surface area (Å²) in [6.07, 6.45) is 7.41. The molecule has 6 nitrogen and oxygen atoms in total. The predicted molar refractivity (Wildman–Crippen MR) is 149 cm³/mol. The minimum atomic E-state index is -0.945. The molecule has 1 aromatic rings. The van der Waals surface area contributed by atoms with Crippen LogP contribution in [-0.4, -0.2) is 59.5 Å². The fourth-order valence-electron chi connectivity index (χ4n) is 9.88. The van der Waals surface area contributed by atoms with Gasteiger partial charge in [-0.15, -0.1) is 0 Å². The molecule has 7 atom stereocenters. The fraction of sp³-hybridized carbons (Fsp3) is 0.788. The average molecular weight is 538 g/mol.